The van der Waals surface area contributed by atoms with E-state index >= 15 is 0 Å². The molecule has 23 heavy (non-hydrogen) atoms. The van der Waals surface area contributed by atoms with E-state index < -0.39 is 5.91 Å². The third kappa shape index (κ3) is 5.37. The Morgan fingerprint density at radius 2 is 2.13 bits per heavy atom. The van der Waals surface area contributed by atoms with E-state index in [2.05, 4.69) is 42.4 Å². The van der Waals surface area contributed by atoms with Crippen LogP contribution < -0.4 is 10.2 Å². The minimum Gasteiger partial charge on any atom is -0.506 e. The van der Waals surface area contributed by atoms with Crippen molar-refractivity contribution in [2.24, 2.45) is 5.10 Å². The molecule has 2 aromatic carbocycles. The van der Waals surface area contributed by atoms with Crippen molar-refractivity contribution in [1.29, 1.82) is 0 Å². The molecular weight excluding hydrogens is 428 g/mol. The number of hydrogen-bond donors (Lipinski definition) is 2. The van der Waals surface area contributed by atoms with E-state index in [-0.39, 0.29) is 12.4 Å². The van der Waals surface area contributed by atoms with Crippen LogP contribution in [0, 0.1) is 6.92 Å². The van der Waals surface area contributed by atoms with Crippen LogP contribution in [0.2, 0.25) is 0 Å². The lowest BCUT2D eigenvalue weighted by Crippen LogP contribution is -2.24. The molecule has 0 fully saturated rings. The molecular formula is C16H14Br2N2O3. The highest BCUT2D eigenvalue weighted by atomic mass is 79.9. The molecule has 0 aromatic heterocycles. The Kier molecular flexibility index (Phi) is 6.18. The summed E-state index contributed by atoms with van der Waals surface area (Å²) in [5.74, 6) is 0.274. The van der Waals surface area contributed by atoms with Crippen molar-refractivity contribution >= 4 is 44.0 Å². The summed E-state index contributed by atoms with van der Waals surface area (Å²) in [5, 5.41) is 13.7. The van der Waals surface area contributed by atoms with E-state index in [1.165, 1.54) is 6.21 Å². The molecule has 0 radical (unpaired) electrons. The fourth-order valence-corrected chi connectivity index (χ4v) is 3.00. The molecule has 0 aliphatic heterocycles. The van der Waals surface area contributed by atoms with Gasteiger partial charge in [0.15, 0.2) is 6.61 Å². The summed E-state index contributed by atoms with van der Waals surface area (Å²) in [4.78, 5) is 11.7. The lowest BCUT2D eigenvalue weighted by atomic mass is 10.2. The van der Waals surface area contributed by atoms with Crippen molar-refractivity contribution in [3.63, 3.8) is 0 Å². The van der Waals surface area contributed by atoms with Gasteiger partial charge in [0, 0.05) is 10.0 Å². The van der Waals surface area contributed by atoms with E-state index in [4.69, 9.17) is 4.74 Å². The Morgan fingerprint density at radius 1 is 1.35 bits per heavy atom. The third-order valence-electron chi connectivity index (χ3n) is 2.81. The van der Waals surface area contributed by atoms with Crippen molar-refractivity contribution in [2.75, 3.05) is 6.61 Å². The molecule has 0 atom stereocenters. The first kappa shape index (κ1) is 17.5. The first-order valence-electron chi connectivity index (χ1n) is 6.65. The van der Waals surface area contributed by atoms with Gasteiger partial charge >= 0.3 is 0 Å². The average Bonchev–Trinajstić information content (AvgIpc) is 2.50. The zero-order valence-electron chi connectivity index (χ0n) is 12.2. The van der Waals surface area contributed by atoms with Gasteiger partial charge < -0.3 is 9.84 Å². The van der Waals surface area contributed by atoms with Crippen LogP contribution in [0.1, 0.15) is 11.1 Å². The molecule has 0 heterocycles. The topological polar surface area (TPSA) is 70.9 Å². The van der Waals surface area contributed by atoms with Gasteiger partial charge in [-0.15, -0.1) is 0 Å². The summed E-state index contributed by atoms with van der Waals surface area (Å²) in [5.41, 5.74) is 3.86. The maximum Gasteiger partial charge on any atom is 0.277 e. The zero-order valence-corrected chi connectivity index (χ0v) is 15.4. The number of aryl methyl sites for hydroxylation is 1. The Hall–Kier alpha value is -1.86. The number of amides is 1. The van der Waals surface area contributed by atoms with Crippen molar-refractivity contribution in [3.8, 4) is 11.5 Å². The second kappa shape index (κ2) is 8.12. The summed E-state index contributed by atoms with van der Waals surface area (Å²) < 4.78 is 6.67. The summed E-state index contributed by atoms with van der Waals surface area (Å²) in [7, 11) is 0. The number of aromatic hydroxyl groups is 1. The summed E-state index contributed by atoms with van der Waals surface area (Å²) >= 11 is 6.54. The number of nitrogens with one attached hydrogen (secondary N) is 1. The van der Waals surface area contributed by atoms with E-state index in [0.717, 1.165) is 10.0 Å². The summed E-state index contributed by atoms with van der Waals surface area (Å²) in [6.07, 6.45) is 1.36. The Balaban J connectivity index is 1.89. The lowest BCUT2D eigenvalue weighted by Gasteiger charge is -2.06. The number of nitrogens with zero attached hydrogens (tertiary/aromatic N) is 1. The highest BCUT2D eigenvalue weighted by molar-refractivity contribution is 9.11. The molecule has 1 amide bonds. The predicted octanol–water partition coefficient (Wildman–Crippen LogP) is 3.75. The second-order valence-corrected chi connectivity index (χ2v) is 6.49. The first-order chi connectivity index (χ1) is 11.0. The van der Waals surface area contributed by atoms with Crippen molar-refractivity contribution in [3.05, 3.63) is 56.5 Å². The quantitative estimate of drug-likeness (QED) is 0.548. The van der Waals surface area contributed by atoms with Crippen molar-refractivity contribution in [2.45, 2.75) is 6.92 Å². The molecule has 0 spiro atoms. The number of hydrazone groups is 1. The molecule has 2 N–H and O–H groups in total. The van der Waals surface area contributed by atoms with Crippen molar-refractivity contribution in [1.82, 2.24) is 5.43 Å². The van der Waals surface area contributed by atoms with Crippen LogP contribution in [0.5, 0.6) is 11.5 Å². The van der Waals surface area contributed by atoms with E-state index in [1.807, 2.05) is 25.1 Å². The van der Waals surface area contributed by atoms with E-state index in [0.29, 0.717) is 15.8 Å². The number of halogens is 2. The predicted molar refractivity (Wildman–Crippen MR) is 95.9 cm³/mol. The van der Waals surface area contributed by atoms with Gasteiger partial charge in [-0.05, 0) is 52.7 Å². The molecule has 2 rings (SSSR count). The van der Waals surface area contributed by atoms with Gasteiger partial charge in [0.2, 0.25) is 0 Å². The Bertz CT molecular complexity index is 748. The molecule has 0 aliphatic rings. The third-order valence-corrected chi connectivity index (χ3v) is 3.87. The highest BCUT2D eigenvalue weighted by Gasteiger charge is 2.06. The van der Waals surface area contributed by atoms with Crippen LogP contribution in [0.4, 0.5) is 0 Å². The van der Waals surface area contributed by atoms with Crippen LogP contribution in [-0.2, 0) is 4.79 Å². The zero-order chi connectivity index (χ0) is 16.8. The van der Waals surface area contributed by atoms with Gasteiger partial charge in [0.25, 0.3) is 5.91 Å². The lowest BCUT2D eigenvalue weighted by molar-refractivity contribution is -0.123. The van der Waals surface area contributed by atoms with Crippen LogP contribution >= 0.6 is 31.9 Å². The van der Waals surface area contributed by atoms with Crippen LogP contribution in [0.25, 0.3) is 0 Å². The van der Waals surface area contributed by atoms with Crippen LogP contribution in [0.15, 0.2) is 50.4 Å². The van der Waals surface area contributed by atoms with Gasteiger partial charge in [-0.3, -0.25) is 4.79 Å². The molecule has 2 aromatic rings. The smallest absolute Gasteiger partial charge is 0.277 e. The van der Waals surface area contributed by atoms with Gasteiger partial charge in [-0.1, -0.05) is 28.1 Å². The largest absolute Gasteiger partial charge is 0.506 e. The fourth-order valence-electron chi connectivity index (χ4n) is 1.74. The number of phenols is 1. The summed E-state index contributed by atoms with van der Waals surface area (Å²) in [6.45, 7) is 1.80. The molecule has 0 bridgehead atoms. The van der Waals surface area contributed by atoms with Gasteiger partial charge in [0.1, 0.15) is 11.5 Å². The number of rotatable bonds is 5. The van der Waals surface area contributed by atoms with E-state index in [1.54, 1.807) is 18.2 Å². The monoisotopic (exact) mass is 440 g/mol. The molecule has 7 heteroatoms. The minimum absolute atomic E-state index is 0.0437. The number of carbonyl (C=O) groups excluding carboxylic acids is 1. The van der Waals surface area contributed by atoms with Gasteiger partial charge in [0.05, 0.1) is 10.7 Å². The first-order valence-corrected chi connectivity index (χ1v) is 8.23. The van der Waals surface area contributed by atoms with Gasteiger partial charge in [-0.2, -0.15) is 5.10 Å². The number of benzene rings is 2. The molecule has 5 nitrogen and oxygen atoms in total. The maximum atomic E-state index is 11.7. The number of hydrogen-bond acceptors (Lipinski definition) is 4. The van der Waals surface area contributed by atoms with Crippen molar-refractivity contribution < 1.29 is 14.6 Å². The van der Waals surface area contributed by atoms with Gasteiger partial charge in [-0.25, -0.2) is 5.43 Å². The molecule has 0 saturated carbocycles. The maximum absolute atomic E-state index is 11.7. The Labute approximate surface area is 150 Å². The molecule has 0 aliphatic carbocycles. The number of phenolic OH excluding ortho intramolecular Hbond substituents is 1. The van der Waals surface area contributed by atoms with Crippen LogP contribution in [0.3, 0.4) is 0 Å². The van der Waals surface area contributed by atoms with E-state index in [9.17, 15) is 9.90 Å². The molecule has 0 unspecified atom stereocenters. The standard InChI is InChI=1S/C16H14Br2N2O3/c1-10-3-2-4-13(5-10)23-9-15(21)20-19-8-11-6-12(17)7-14(18)16(11)22/h2-8,22H,9H2,1H3,(H,20,21). The highest BCUT2D eigenvalue weighted by Crippen LogP contribution is 2.30. The molecule has 120 valence electrons. The Morgan fingerprint density at radius 3 is 2.87 bits per heavy atom. The summed E-state index contributed by atoms with van der Waals surface area (Å²) in [6, 6.07) is 10.8. The average molecular weight is 442 g/mol. The minimum atomic E-state index is -0.392. The van der Waals surface area contributed by atoms with Crippen LogP contribution in [-0.4, -0.2) is 23.8 Å². The SMILES string of the molecule is Cc1cccc(OCC(=O)NN=Cc2cc(Br)cc(Br)c2O)c1. The fraction of sp³-hybridized carbons (Fsp3) is 0.125. The molecule has 0 saturated heterocycles. The number of ether oxygens (including phenoxy) is 1. The number of carbonyl (C=O) groups is 1. The normalized spacial score (nSPS) is 10.7. The second-order valence-electron chi connectivity index (χ2n) is 4.72.